The summed E-state index contributed by atoms with van der Waals surface area (Å²) < 4.78 is 53.3. The van der Waals surface area contributed by atoms with Crippen molar-refractivity contribution in [2.75, 3.05) is 4.72 Å². The Morgan fingerprint density at radius 3 is 2.36 bits per heavy atom. The third-order valence-electron chi connectivity index (χ3n) is 3.02. The van der Waals surface area contributed by atoms with Crippen molar-refractivity contribution in [2.45, 2.75) is 4.90 Å². The molecule has 3 aromatic rings. The highest BCUT2D eigenvalue weighted by atomic mass is 32.2. The molecule has 0 saturated carbocycles. The van der Waals surface area contributed by atoms with E-state index >= 15 is 0 Å². The van der Waals surface area contributed by atoms with Gasteiger partial charge in [0.05, 0.1) is 16.1 Å². The van der Waals surface area contributed by atoms with E-state index in [2.05, 4.69) is 9.71 Å². The van der Waals surface area contributed by atoms with Crippen LogP contribution in [0.2, 0.25) is 0 Å². The molecule has 0 unspecified atom stereocenters. The highest BCUT2D eigenvalue weighted by Gasteiger charge is 2.18. The number of nitrogens with zero attached hydrogens (tertiary/aromatic N) is 1. The van der Waals surface area contributed by atoms with Crippen molar-refractivity contribution in [2.24, 2.45) is 0 Å². The van der Waals surface area contributed by atoms with E-state index in [4.69, 9.17) is 0 Å². The summed E-state index contributed by atoms with van der Waals surface area (Å²) in [4.78, 5) is 3.63. The molecule has 1 N–H and O–H groups in total. The highest BCUT2D eigenvalue weighted by Crippen LogP contribution is 2.24. The monoisotopic (exact) mass is 320 g/mol. The maximum absolute atomic E-state index is 13.2. The van der Waals surface area contributed by atoms with Crippen LogP contribution in [0.4, 0.5) is 14.5 Å². The molecule has 0 aliphatic rings. The molecule has 0 amide bonds. The number of benzene rings is 2. The molecule has 0 aliphatic heterocycles. The fourth-order valence-corrected chi connectivity index (χ4v) is 3.18. The van der Waals surface area contributed by atoms with Gasteiger partial charge in [-0.25, -0.2) is 17.2 Å². The summed E-state index contributed by atoms with van der Waals surface area (Å²) in [6, 6.07) is 10.6. The van der Waals surface area contributed by atoms with Gasteiger partial charge in [0.1, 0.15) is 11.6 Å². The van der Waals surface area contributed by atoms with Crippen molar-refractivity contribution in [3.05, 3.63) is 66.4 Å². The van der Waals surface area contributed by atoms with Gasteiger partial charge < -0.3 is 0 Å². The number of rotatable bonds is 3. The normalized spacial score (nSPS) is 11.5. The minimum absolute atomic E-state index is 0.239. The lowest BCUT2D eigenvalue weighted by atomic mass is 10.2. The zero-order chi connectivity index (χ0) is 15.7. The molecule has 0 atom stereocenters. The summed E-state index contributed by atoms with van der Waals surface area (Å²) in [6.07, 6.45) is 1.53. The van der Waals surface area contributed by atoms with Crippen LogP contribution in [-0.2, 0) is 10.0 Å². The Bertz CT molecular complexity index is 933. The average molecular weight is 320 g/mol. The van der Waals surface area contributed by atoms with Crippen LogP contribution in [0.25, 0.3) is 10.9 Å². The second-order valence-electron chi connectivity index (χ2n) is 4.59. The SMILES string of the molecule is O=S(=O)(Nc1cccc2cccnc12)c1cc(F)cc(F)c1. The number of hydrogen-bond donors (Lipinski definition) is 1. The fraction of sp³-hybridized carbons (Fsp3) is 0. The number of aromatic nitrogens is 1. The molecule has 112 valence electrons. The number of fused-ring (bicyclic) bond motifs is 1. The van der Waals surface area contributed by atoms with Crippen LogP contribution in [0, 0.1) is 11.6 Å². The highest BCUT2D eigenvalue weighted by molar-refractivity contribution is 7.92. The van der Waals surface area contributed by atoms with Gasteiger partial charge in [-0.3, -0.25) is 9.71 Å². The largest absolute Gasteiger partial charge is 0.277 e. The van der Waals surface area contributed by atoms with Crippen LogP contribution in [0.1, 0.15) is 0 Å². The van der Waals surface area contributed by atoms with E-state index in [1.807, 2.05) is 0 Å². The molecule has 1 aromatic heterocycles. The molecule has 1 heterocycles. The Morgan fingerprint density at radius 2 is 1.64 bits per heavy atom. The number of anilines is 1. The van der Waals surface area contributed by atoms with Crippen LogP contribution in [-0.4, -0.2) is 13.4 Å². The van der Waals surface area contributed by atoms with E-state index in [0.717, 1.165) is 17.5 Å². The topological polar surface area (TPSA) is 59.1 Å². The Labute approximate surface area is 125 Å². The van der Waals surface area contributed by atoms with Gasteiger partial charge in [-0.2, -0.15) is 0 Å². The Morgan fingerprint density at radius 1 is 0.955 bits per heavy atom. The molecular weight excluding hydrogens is 310 g/mol. The predicted octanol–water partition coefficient (Wildman–Crippen LogP) is 3.31. The summed E-state index contributed by atoms with van der Waals surface area (Å²) >= 11 is 0. The van der Waals surface area contributed by atoms with E-state index in [0.29, 0.717) is 11.6 Å². The molecule has 0 bridgehead atoms. The number of hydrogen-bond acceptors (Lipinski definition) is 3. The standard InChI is InChI=1S/C15H10F2N2O2S/c16-11-7-12(17)9-13(8-11)22(20,21)19-14-5-1-3-10-4-2-6-18-15(10)14/h1-9,19H. The summed E-state index contributed by atoms with van der Waals surface area (Å²) in [5, 5.41) is 0.744. The maximum Gasteiger partial charge on any atom is 0.262 e. The second-order valence-corrected chi connectivity index (χ2v) is 6.27. The number of sulfonamides is 1. The van der Waals surface area contributed by atoms with Gasteiger partial charge in [0.2, 0.25) is 0 Å². The zero-order valence-corrected chi connectivity index (χ0v) is 11.9. The van der Waals surface area contributed by atoms with Crippen molar-refractivity contribution in [3.63, 3.8) is 0 Å². The Kier molecular flexibility index (Phi) is 3.50. The van der Waals surface area contributed by atoms with Crippen LogP contribution >= 0.6 is 0 Å². The molecule has 0 spiro atoms. The van der Waals surface area contributed by atoms with Crippen molar-refractivity contribution < 1.29 is 17.2 Å². The molecule has 7 heteroatoms. The fourth-order valence-electron chi connectivity index (χ4n) is 2.07. The quantitative estimate of drug-likeness (QED) is 0.805. The first kappa shape index (κ1) is 14.4. The van der Waals surface area contributed by atoms with E-state index in [9.17, 15) is 17.2 Å². The van der Waals surface area contributed by atoms with Gasteiger partial charge in [-0.1, -0.05) is 18.2 Å². The summed E-state index contributed by atoms with van der Waals surface area (Å²) in [5.74, 6) is -1.92. The van der Waals surface area contributed by atoms with Crippen molar-refractivity contribution in [1.82, 2.24) is 4.98 Å². The minimum Gasteiger partial charge on any atom is -0.277 e. The summed E-state index contributed by atoms with van der Waals surface area (Å²) in [7, 11) is -4.12. The van der Waals surface area contributed by atoms with Crippen molar-refractivity contribution in [3.8, 4) is 0 Å². The van der Waals surface area contributed by atoms with Crippen LogP contribution < -0.4 is 4.72 Å². The van der Waals surface area contributed by atoms with E-state index < -0.39 is 26.6 Å². The van der Waals surface area contributed by atoms with Gasteiger partial charge in [0.25, 0.3) is 10.0 Å². The first-order valence-corrected chi connectivity index (χ1v) is 7.77. The molecular formula is C15H10F2N2O2S. The smallest absolute Gasteiger partial charge is 0.262 e. The number of nitrogens with one attached hydrogen (secondary N) is 1. The molecule has 0 radical (unpaired) electrons. The van der Waals surface area contributed by atoms with Gasteiger partial charge in [0.15, 0.2) is 0 Å². The Balaban J connectivity index is 2.07. The number of pyridine rings is 1. The first-order valence-electron chi connectivity index (χ1n) is 6.28. The minimum atomic E-state index is -4.12. The average Bonchev–Trinajstić information content (AvgIpc) is 2.46. The molecule has 3 rings (SSSR count). The van der Waals surface area contributed by atoms with Gasteiger partial charge in [-0.15, -0.1) is 0 Å². The van der Waals surface area contributed by atoms with E-state index in [1.165, 1.54) is 12.3 Å². The molecule has 0 fully saturated rings. The third-order valence-corrected chi connectivity index (χ3v) is 4.37. The molecule has 0 saturated heterocycles. The van der Waals surface area contributed by atoms with Crippen LogP contribution in [0.3, 0.4) is 0 Å². The lowest BCUT2D eigenvalue weighted by Crippen LogP contribution is -2.14. The van der Waals surface area contributed by atoms with Gasteiger partial charge >= 0.3 is 0 Å². The maximum atomic E-state index is 13.2. The molecule has 0 aliphatic carbocycles. The third kappa shape index (κ3) is 2.75. The van der Waals surface area contributed by atoms with Crippen molar-refractivity contribution in [1.29, 1.82) is 0 Å². The van der Waals surface area contributed by atoms with E-state index in [1.54, 1.807) is 24.3 Å². The van der Waals surface area contributed by atoms with Crippen molar-refractivity contribution >= 4 is 26.6 Å². The molecule has 2 aromatic carbocycles. The van der Waals surface area contributed by atoms with Gasteiger partial charge in [0, 0.05) is 17.6 Å². The first-order chi connectivity index (χ1) is 10.5. The van der Waals surface area contributed by atoms with Crippen LogP contribution in [0.15, 0.2) is 59.6 Å². The summed E-state index contributed by atoms with van der Waals surface area (Å²) in [6.45, 7) is 0. The number of para-hydroxylation sites is 1. The van der Waals surface area contributed by atoms with E-state index in [-0.39, 0.29) is 5.69 Å². The molecule has 4 nitrogen and oxygen atoms in total. The predicted molar refractivity (Wildman–Crippen MR) is 78.9 cm³/mol. The summed E-state index contributed by atoms with van der Waals surface area (Å²) in [5.41, 5.74) is 0.688. The number of halogens is 2. The second kappa shape index (κ2) is 5.34. The zero-order valence-electron chi connectivity index (χ0n) is 11.1. The molecule has 22 heavy (non-hydrogen) atoms. The Hall–Kier alpha value is -2.54. The lowest BCUT2D eigenvalue weighted by molar-refractivity contribution is 0.568. The van der Waals surface area contributed by atoms with Gasteiger partial charge in [-0.05, 0) is 24.3 Å². The van der Waals surface area contributed by atoms with Crippen LogP contribution in [0.5, 0.6) is 0 Å². The lowest BCUT2D eigenvalue weighted by Gasteiger charge is -2.10.